The summed E-state index contributed by atoms with van der Waals surface area (Å²) in [6.07, 6.45) is 10.3. The quantitative estimate of drug-likeness (QED) is 0.884. The van der Waals surface area contributed by atoms with Gasteiger partial charge in [0.25, 0.3) is 5.91 Å². The van der Waals surface area contributed by atoms with E-state index in [1.54, 1.807) is 0 Å². The van der Waals surface area contributed by atoms with E-state index in [1.807, 2.05) is 12.1 Å². The standard InChI is InChI=1S/C23H35N3O/c27-23(26-14-4-13-25(15-16-26)22-6-1-2-7-22)21-10-8-19(9-11-21)17-20-5-3-12-24-18-20/h8-11,20,22,24H,1-7,12-18H2/t20-/m0/s1. The zero-order chi connectivity index (χ0) is 18.5. The monoisotopic (exact) mass is 369 g/mol. The highest BCUT2D eigenvalue weighted by molar-refractivity contribution is 5.94. The molecule has 3 fully saturated rings. The third-order valence-electron chi connectivity index (χ3n) is 6.78. The molecule has 148 valence electrons. The lowest BCUT2D eigenvalue weighted by molar-refractivity contribution is 0.0758. The van der Waals surface area contributed by atoms with Crippen molar-refractivity contribution in [3.63, 3.8) is 0 Å². The van der Waals surface area contributed by atoms with E-state index in [4.69, 9.17) is 0 Å². The molecule has 0 radical (unpaired) electrons. The highest BCUT2D eigenvalue weighted by Gasteiger charge is 2.26. The summed E-state index contributed by atoms with van der Waals surface area (Å²) in [5.41, 5.74) is 2.22. The van der Waals surface area contributed by atoms with Crippen LogP contribution in [0.25, 0.3) is 0 Å². The normalized spacial score (nSPS) is 25.5. The Morgan fingerprint density at radius 1 is 0.926 bits per heavy atom. The lowest BCUT2D eigenvalue weighted by atomic mass is 9.92. The van der Waals surface area contributed by atoms with Crippen molar-refractivity contribution >= 4 is 5.91 Å². The van der Waals surface area contributed by atoms with E-state index in [0.29, 0.717) is 0 Å². The van der Waals surface area contributed by atoms with E-state index in [0.717, 1.165) is 69.6 Å². The van der Waals surface area contributed by atoms with Gasteiger partial charge >= 0.3 is 0 Å². The highest BCUT2D eigenvalue weighted by Crippen LogP contribution is 2.24. The largest absolute Gasteiger partial charge is 0.337 e. The molecule has 2 saturated heterocycles. The number of hydrogen-bond acceptors (Lipinski definition) is 3. The molecule has 4 rings (SSSR count). The smallest absolute Gasteiger partial charge is 0.253 e. The first kappa shape index (κ1) is 18.9. The highest BCUT2D eigenvalue weighted by atomic mass is 16.2. The van der Waals surface area contributed by atoms with Gasteiger partial charge in [-0.05, 0) is 75.2 Å². The zero-order valence-electron chi connectivity index (χ0n) is 16.7. The fourth-order valence-corrected chi connectivity index (χ4v) is 5.17. The second kappa shape index (κ2) is 9.20. The molecule has 0 bridgehead atoms. The molecular weight excluding hydrogens is 334 g/mol. The minimum absolute atomic E-state index is 0.217. The Morgan fingerprint density at radius 3 is 2.48 bits per heavy atom. The van der Waals surface area contributed by atoms with Crippen molar-refractivity contribution in [2.45, 2.75) is 57.4 Å². The maximum absolute atomic E-state index is 13.0. The second-order valence-electron chi connectivity index (χ2n) is 8.73. The van der Waals surface area contributed by atoms with Gasteiger partial charge in [-0.1, -0.05) is 25.0 Å². The van der Waals surface area contributed by atoms with E-state index in [1.165, 1.54) is 44.1 Å². The first-order valence-corrected chi connectivity index (χ1v) is 11.1. The molecule has 2 aliphatic heterocycles. The van der Waals surface area contributed by atoms with E-state index < -0.39 is 0 Å². The fourth-order valence-electron chi connectivity index (χ4n) is 5.17. The Morgan fingerprint density at radius 2 is 1.74 bits per heavy atom. The van der Waals surface area contributed by atoms with E-state index in [-0.39, 0.29) is 5.91 Å². The molecule has 4 nitrogen and oxygen atoms in total. The lowest BCUT2D eigenvalue weighted by Crippen LogP contribution is -2.38. The SMILES string of the molecule is O=C(c1ccc(C[C@@H]2CCCNC2)cc1)N1CCCN(C2CCCC2)CC1. The molecule has 1 aromatic carbocycles. The molecule has 0 spiro atoms. The summed E-state index contributed by atoms with van der Waals surface area (Å²) in [5.74, 6) is 0.960. The van der Waals surface area contributed by atoms with Crippen LogP contribution in [0, 0.1) is 5.92 Å². The number of carbonyl (C=O) groups excluding carboxylic acids is 1. The van der Waals surface area contributed by atoms with Crippen LogP contribution in [0.15, 0.2) is 24.3 Å². The van der Waals surface area contributed by atoms with Crippen LogP contribution < -0.4 is 5.32 Å². The Labute approximate surface area is 164 Å². The summed E-state index contributed by atoms with van der Waals surface area (Å²) < 4.78 is 0. The molecule has 3 aliphatic rings. The summed E-state index contributed by atoms with van der Waals surface area (Å²) in [7, 11) is 0. The van der Waals surface area contributed by atoms with Gasteiger partial charge in [0.05, 0.1) is 0 Å². The number of hydrogen-bond donors (Lipinski definition) is 1. The van der Waals surface area contributed by atoms with Gasteiger partial charge in [-0.25, -0.2) is 0 Å². The molecule has 1 aromatic rings. The fraction of sp³-hybridized carbons (Fsp3) is 0.696. The van der Waals surface area contributed by atoms with E-state index >= 15 is 0 Å². The zero-order valence-corrected chi connectivity index (χ0v) is 16.7. The van der Waals surface area contributed by atoms with Crippen LogP contribution in [0.2, 0.25) is 0 Å². The third-order valence-corrected chi connectivity index (χ3v) is 6.78. The third kappa shape index (κ3) is 4.91. The van der Waals surface area contributed by atoms with Crippen LogP contribution in [0.1, 0.15) is 60.9 Å². The van der Waals surface area contributed by atoms with Crippen LogP contribution in [-0.4, -0.2) is 61.0 Å². The molecular formula is C23H35N3O. The lowest BCUT2D eigenvalue weighted by Gasteiger charge is -2.27. The van der Waals surface area contributed by atoms with Gasteiger partial charge in [-0.15, -0.1) is 0 Å². The van der Waals surface area contributed by atoms with Crippen molar-refractivity contribution in [1.82, 2.24) is 15.1 Å². The van der Waals surface area contributed by atoms with Gasteiger partial charge < -0.3 is 10.2 Å². The predicted molar refractivity (Wildman–Crippen MR) is 110 cm³/mol. The topological polar surface area (TPSA) is 35.6 Å². The summed E-state index contributed by atoms with van der Waals surface area (Å²) in [4.78, 5) is 17.7. The van der Waals surface area contributed by atoms with Crippen LogP contribution in [0.4, 0.5) is 0 Å². The number of amides is 1. The number of piperidine rings is 1. The van der Waals surface area contributed by atoms with Crippen molar-refractivity contribution in [2.75, 3.05) is 39.3 Å². The van der Waals surface area contributed by atoms with Gasteiger partial charge in [-0.2, -0.15) is 0 Å². The first-order valence-electron chi connectivity index (χ1n) is 11.1. The number of rotatable bonds is 4. The van der Waals surface area contributed by atoms with Crippen molar-refractivity contribution in [2.24, 2.45) is 5.92 Å². The van der Waals surface area contributed by atoms with E-state index in [9.17, 15) is 4.79 Å². The van der Waals surface area contributed by atoms with Gasteiger partial charge in [0, 0.05) is 37.8 Å². The van der Waals surface area contributed by atoms with Crippen molar-refractivity contribution in [3.05, 3.63) is 35.4 Å². The summed E-state index contributed by atoms with van der Waals surface area (Å²) in [6.45, 7) is 6.28. The Kier molecular flexibility index (Phi) is 6.46. The molecule has 1 saturated carbocycles. The van der Waals surface area contributed by atoms with Gasteiger partial charge in [0.2, 0.25) is 0 Å². The number of carbonyl (C=O) groups is 1. The van der Waals surface area contributed by atoms with Crippen LogP contribution >= 0.6 is 0 Å². The molecule has 1 aliphatic carbocycles. The van der Waals surface area contributed by atoms with Crippen LogP contribution in [0.3, 0.4) is 0 Å². The minimum Gasteiger partial charge on any atom is -0.337 e. The van der Waals surface area contributed by atoms with Crippen molar-refractivity contribution in [1.29, 1.82) is 0 Å². The van der Waals surface area contributed by atoms with Crippen LogP contribution in [0.5, 0.6) is 0 Å². The minimum atomic E-state index is 0.217. The number of benzene rings is 1. The second-order valence-corrected chi connectivity index (χ2v) is 8.73. The molecule has 4 heteroatoms. The maximum Gasteiger partial charge on any atom is 0.253 e. The molecule has 0 unspecified atom stereocenters. The van der Waals surface area contributed by atoms with Gasteiger partial charge in [-0.3, -0.25) is 9.69 Å². The Hall–Kier alpha value is -1.39. The molecule has 27 heavy (non-hydrogen) atoms. The summed E-state index contributed by atoms with van der Waals surface area (Å²) in [5, 5.41) is 3.49. The van der Waals surface area contributed by atoms with Crippen LogP contribution in [-0.2, 0) is 6.42 Å². The number of nitrogens with zero attached hydrogens (tertiary/aromatic N) is 2. The Bertz CT molecular complexity index is 603. The molecule has 0 aromatic heterocycles. The number of nitrogens with one attached hydrogen (secondary N) is 1. The average molecular weight is 370 g/mol. The summed E-state index contributed by atoms with van der Waals surface area (Å²) >= 11 is 0. The van der Waals surface area contributed by atoms with Crippen molar-refractivity contribution < 1.29 is 4.79 Å². The molecule has 2 heterocycles. The van der Waals surface area contributed by atoms with E-state index in [2.05, 4.69) is 27.2 Å². The van der Waals surface area contributed by atoms with Crippen molar-refractivity contribution in [3.8, 4) is 0 Å². The summed E-state index contributed by atoms with van der Waals surface area (Å²) in [6, 6.07) is 9.21. The predicted octanol–water partition coefficient (Wildman–Crippen LogP) is 3.32. The average Bonchev–Trinajstić information content (AvgIpc) is 3.14. The molecule has 1 atom stereocenters. The van der Waals surface area contributed by atoms with Gasteiger partial charge in [0.1, 0.15) is 0 Å². The molecule has 1 N–H and O–H groups in total. The molecule has 1 amide bonds. The van der Waals surface area contributed by atoms with Gasteiger partial charge in [0.15, 0.2) is 0 Å². The maximum atomic E-state index is 13.0. The first-order chi connectivity index (χ1) is 13.3. The Balaban J connectivity index is 1.31.